The van der Waals surface area contributed by atoms with Crippen molar-refractivity contribution in [1.29, 1.82) is 0 Å². The fourth-order valence-corrected chi connectivity index (χ4v) is 3.24. The largest absolute Gasteiger partial charge is 0.324 e. The maximum Gasteiger partial charge on any atom is 0.240 e. The molecule has 0 saturated heterocycles. The van der Waals surface area contributed by atoms with Crippen molar-refractivity contribution in [2.24, 2.45) is 5.84 Å². The minimum Gasteiger partial charge on any atom is -0.324 e. The second kappa shape index (κ2) is 5.66. The van der Waals surface area contributed by atoms with Crippen molar-refractivity contribution in [2.45, 2.75) is 18.4 Å². The number of nitrogens with zero attached hydrogens (tertiary/aromatic N) is 1. The molecule has 1 heterocycles. The topological polar surface area (TPSA) is 97.1 Å². The molecule has 4 N–H and O–H groups in total. The highest BCUT2D eigenvalue weighted by atomic mass is 32.2. The highest BCUT2D eigenvalue weighted by Crippen LogP contribution is 2.14. The van der Waals surface area contributed by atoms with Crippen LogP contribution in [-0.4, -0.2) is 13.4 Å². The van der Waals surface area contributed by atoms with Crippen LogP contribution in [0.15, 0.2) is 34.5 Å². The Morgan fingerprint density at radius 2 is 2.00 bits per heavy atom. The van der Waals surface area contributed by atoms with E-state index in [0.717, 1.165) is 10.7 Å². The van der Waals surface area contributed by atoms with Gasteiger partial charge < -0.3 is 5.43 Å². The van der Waals surface area contributed by atoms with Gasteiger partial charge in [0.25, 0.3) is 0 Å². The van der Waals surface area contributed by atoms with Gasteiger partial charge in [0.2, 0.25) is 10.0 Å². The number of rotatable bonds is 5. The van der Waals surface area contributed by atoms with Crippen molar-refractivity contribution in [1.82, 2.24) is 9.71 Å². The Morgan fingerprint density at radius 1 is 1.32 bits per heavy atom. The summed E-state index contributed by atoms with van der Waals surface area (Å²) in [6, 6.07) is 6.18. The van der Waals surface area contributed by atoms with Crippen LogP contribution in [0.3, 0.4) is 0 Å². The van der Waals surface area contributed by atoms with E-state index in [1.807, 2.05) is 12.3 Å². The van der Waals surface area contributed by atoms with E-state index < -0.39 is 10.0 Å². The molecule has 0 spiro atoms. The SMILES string of the molecule is Cc1csc(CNS(=O)(=O)c2ccc(NN)cc2)n1. The molecular formula is C11H14N4O2S2. The van der Waals surface area contributed by atoms with Gasteiger partial charge in [-0.2, -0.15) is 0 Å². The van der Waals surface area contributed by atoms with Crippen molar-refractivity contribution in [3.8, 4) is 0 Å². The van der Waals surface area contributed by atoms with Crippen LogP contribution in [0.1, 0.15) is 10.7 Å². The molecule has 2 rings (SSSR count). The zero-order valence-electron chi connectivity index (χ0n) is 10.3. The van der Waals surface area contributed by atoms with Crippen LogP contribution in [0.4, 0.5) is 5.69 Å². The Labute approximate surface area is 115 Å². The number of aromatic nitrogens is 1. The van der Waals surface area contributed by atoms with E-state index >= 15 is 0 Å². The lowest BCUT2D eigenvalue weighted by molar-refractivity contribution is 0.581. The van der Waals surface area contributed by atoms with Gasteiger partial charge in [-0.15, -0.1) is 11.3 Å². The summed E-state index contributed by atoms with van der Waals surface area (Å²) in [6.45, 7) is 2.06. The monoisotopic (exact) mass is 298 g/mol. The van der Waals surface area contributed by atoms with Crippen molar-refractivity contribution < 1.29 is 8.42 Å². The fraction of sp³-hybridized carbons (Fsp3) is 0.182. The standard InChI is InChI=1S/C11H14N4O2S2/c1-8-7-18-11(14-8)6-13-19(16,17)10-4-2-9(15-12)3-5-10/h2-5,7,13,15H,6,12H2,1H3. The normalized spacial score (nSPS) is 11.5. The van der Waals surface area contributed by atoms with E-state index in [4.69, 9.17) is 5.84 Å². The van der Waals surface area contributed by atoms with E-state index in [1.165, 1.54) is 23.5 Å². The number of anilines is 1. The molecule has 0 fully saturated rings. The Balaban J connectivity index is 2.09. The van der Waals surface area contributed by atoms with Crippen molar-refractivity contribution in [2.75, 3.05) is 5.43 Å². The van der Waals surface area contributed by atoms with Crippen LogP contribution in [-0.2, 0) is 16.6 Å². The molecule has 0 aliphatic rings. The molecule has 0 aliphatic carbocycles. The van der Waals surface area contributed by atoms with E-state index in [-0.39, 0.29) is 11.4 Å². The number of hydrogen-bond donors (Lipinski definition) is 3. The number of nitrogens with one attached hydrogen (secondary N) is 2. The first-order valence-corrected chi connectivity index (χ1v) is 7.85. The van der Waals surface area contributed by atoms with E-state index in [2.05, 4.69) is 15.1 Å². The van der Waals surface area contributed by atoms with Gasteiger partial charge in [0.15, 0.2) is 0 Å². The number of nitrogens with two attached hydrogens (primary N) is 1. The molecule has 0 atom stereocenters. The van der Waals surface area contributed by atoms with Crippen LogP contribution < -0.4 is 16.0 Å². The van der Waals surface area contributed by atoms with Gasteiger partial charge in [-0.1, -0.05) is 0 Å². The van der Waals surface area contributed by atoms with Gasteiger partial charge in [0.05, 0.1) is 11.4 Å². The second-order valence-electron chi connectivity index (χ2n) is 3.88. The highest BCUT2D eigenvalue weighted by molar-refractivity contribution is 7.89. The average molecular weight is 298 g/mol. The lowest BCUT2D eigenvalue weighted by atomic mass is 10.3. The Hall–Kier alpha value is -1.48. The summed E-state index contributed by atoms with van der Waals surface area (Å²) in [5.41, 5.74) is 3.98. The number of sulfonamides is 1. The molecule has 0 radical (unpaired) electrons. The maximum atomic E-state index is 12.0. The summed E-state index contributed by atoms with van der Waals surface area (Å²) in [7, 11) is -3.53. The lowest BCUT2D eigenvalue weighted by Gasteiger charge is -2.06. The quantitative estimate of drug-likeness (QED) is 0.569. The Morgan fingerprint density at radius 3 is 2.53 bits per heavy atom. The zero-order valence-corrected chi connectivity index (χ0v) is 11.9. The minimum atomic E-state index is -3.53. The van der Waals surface area contributed by atoms with Crippen molar-refractivity contribution in [3.05, 3.63) is 40.3 Å². The lowest BCUT2D eigenvalue weighted by Crippen LogP contribution is -2.23. The molecular weight excluding hydrogens is 284 g/mol. The zero-order chi connectivity index (χ0) is 13.9. The summed E-state index contributed by atoms with van der Waals surface area (Å²) < 4.78 is 26.6. The first-order chi connectivity index (χ1) is 9.01. The average Bonchev–Trinajstić information content (AvgIpc) is 2.82. The predicted molar refractivity (Wildman–Crippen MR) is 75.1 cm³/mol. The van der Waals surface area contributed by atoms with Crippen LogP contribution in [0.5, 0.6) is 0 Å². The van der Waals surface area contributed by atoms with Gasteiger partial charge >= 0.3 is 0 Å². The molecule has 19 heavy (non-hydrogen) atoms. The summed E-state index contributed by atoms with van der Waals surface area (Å²) in [4.78, 5) is 4.39. The van der Waals surface area contributed by atoms with Crippen molar-refractivity contribution in [3.63, 3.8) is 0 Å². The van der Waals surface area contributed by atoms with Gasteiger partial charge in [-0.05, 0) is 31.2 Å². The van der Waals surface area contributed by atoms with Crippen LogP contribution in [0, 0.1) is 6.92 Å². The second-order valence-corrected chi connectivity index (χ2v) is 6.59. The number of hydrogen-bond acceptors (Lipinski definition) is 6. The van der Waals surface area contributed by atoms with Gasteiger partial charge in [0.1, 0.15) is 5.01 Å². The minimum absolute atomic E-state index is 0.192. The number of thiazole rings is 1. The van der Waals surface area contributed by atoms with Crippen LogP contribution in [0.25, 0.3) is 0 Å². The Kier molecular flexibility index (Phi) is 4.15. The summed E-state index contributed by atoms with van der Waals surface area (Å²) in [6.07, 6.45) is 0. The molecule has 0 amide bonds. The van der Waals surface area contributed by atoms with Crippen molar-refractivity contribution >= 4 is 27.0 Å². The first kappa shape index (κ1) is 13.9. The van der Waals surface area contributed by atoms with Gasteiger partial charge in [-0.3, -0.25) is 5.84 Å². The maximum absolute atomic E-state index is 12.0. The molecule has 1 aromatic carbocycles. The molecule has 1 aromatic heterocycles. The van der Waals surface area contributed by atoms with E-state index in [1.54, 1.807) is 12.1 Å². The smallest absolute Gasteiger partial charge is 0.240 e. The summed E-state index contributed by atoms with van der Waals surface area (Å²) in [5.74, 6) is 5.22. The fourth-order valence-electron chi connectivity index (χ4n) is 1.45. The number of benzene rings is 1. The van der Waals surface area contributed by atoms with Gasteiger partial charge in [-0.25, -0.2) is 18.1 Å². The third-order valence-corrected chi connectivity index (χ3v) is 4.80. The predicted octanol–water partition coefficient (Wildman–Crippen LogP) is 1.22. The molecule has 0 unspecified atom stereocenters. The molecule has 0 aliphatic heterocycles. The number of hydrazine groups is 1. The molecule has 0 bridgehead atoms. The third-order valence-electron chi connectivity index (χ3n) is 2.41. The molecule has 0 saturated carbocycles. The highest BCUT2D eigenvalue weighted by Gasteiger charge is 2.14. The van der Waals surface area contributed by atoms with E-state index in [9.17, 15) is 8.42 Å². The number of nitrogen functional groups attached to an aromatic ring is 1. The Bertz CT molecular complexity index is 650. The molecule has 102 valence electrons. The molecule has 8 heteroatoms. The first-order valence-electron chi connectivity index (χ1n) is 5.48. The third kappa shape index (κ3) is 3.51. The van der Waals surface area contributed by atoms with Crippen LogP contribution >= 0.6 is 11.3 Å². The van der Waals surface area contributed by atoms with E-state index in [0.29, 0.717) is 5.69 Å². The molecule has 2 aromatic rings. The summed E-state index contributed by atoms with van der Waals surface area (Å²) >= 11 is 1.43. The molecule has 6 nitrogen and oxygen atoms in total. The van der Waals surface area contributed by atoms with Crippen LogP contribution in [0.2, 0.25) is 0 Å². The number of aryl methyl sites for hydroxylation is 1. The summed E-state index contributed by atoms with van der Waals surface area (Å²) in [5, 5.41) is 2.62. The van der Waals surface area contributed by atoms with Gasteiger partial charge in [0, 0.05) is 16.8 Å².